The molecule has 0 saturated carbocycles. The predicted molar refractivity (Wildman–Crippen MR) is 89.6 cm³/mol. The molecule has 0 fully saturated rings. The summed E-state index contributed by atoms with van der Waals surface area (Å²) in [6.45, 7) is 7.75. The summed E-state index contributed by atoms with van der Waals surface area (Å²) in [6.07, 6.45) is 3.31. The van der Waals surface area contributed by atoms with Gasteiger partial charge in [-0.3, -0.25) is 0 Å². The number of nitrogens with one attached hydrogen (secondary N) is 1. The SMILES string of the molecule is CCNC(Cc1ccc(Cl)cc1)C(CC)(CC)N(C)C. The number of hydrogen-bond donors (Lipinski definition) is 1. The van der Waals surface area contributed by atoms with Gasteiger partial charge in [-0.05, 0) is 57.6 Å². The monoisotopic (exact) mass is 296 g/mol. The van der Waals surface area contributed by atoms with Crippen molar-refractivity contribution >= 4 is 11.6 Å². The minimum absolute atomic E-state index is 0.190. The van der Waals surface area contributed by atoms with Crippen LogP contribution in [-0.2, 0) is 6.42 Å². The highest BCUT2D eigenvalue weighted by molar-refractivity contribution is 6.30. The van der Waals surface area contributed by atoms with E-state index >= 15 is 0 Å². The van der Waals surface area contributed by atoms with Crippen molar-refractivity contribution < 1.29 is 0 Å². The molecule has 0 amide bonds. The van der Waals surface area contributed by atoms with Crippen LogP contribution in [0.2, 0.25) is 5.02 Å². The second kappa shape index (κ2) is 8.02. The molecule has 1 aromatic rings. The lowest BCUT2D eigenvalue weighted by Gasteiger charge is -2.45. The van der Waals surface area contributed by atoms with Gasteiger partial charge >= 0.3 is 0 Å². The molecule has 0 aromatic heterocycles. The van der Waals surface area contributed by atoms with E-state index < -0.39 is 0 Å². The maximum atomic E-state index is 5.98. The Morgan fingerprint density at radius 1 is 1.10 bits per heavy atom. The van der Waals surface area contributed by atoms with E-state index in [0.29, 0.717) is 6.04 Å². The van der Waals surface area contributed by atoms with Gasteiger partial charge in [-0.15, -0.1) is 0 Å². The Balaban J connectivity index is 2.99. The number of likely N-dealkylation sites (N-methyl/N-ethyl adjacent to an activating group) is 2. The van der Waals surface area contributed by atoms with Gasteiger partial charge in [-0.1, -0.05) is 44.5 Å². The Morgan fingerprint density at radius 2 is 1.65 bits per heavy atom. The first-order valence-corrected chi connectivity index (χ1v) is 8.03. The van der Waals surface area contributed by atoms with Gasteiger partial charge in [0.25, 0.3) is 0 Å². The molecule has 20 heavy (non-hydrogen) atoms. The molecule has 1 unspecified atom stereocenters. The Labute approximate surface area is 129 Å². The maximum Gasteiger partial charge on any atom is 0.0406 e. The molecule has 1 aromatic carbocycles. The van der Waals surface area contributed by atoms with Crippen LogP contribution in [-0.4, -0.2) is 37.1 Å². The van der Waals surface area contributed by atoms with E-state index in [1.165, 1.54) is 5.56 Å². The van der Waals surface area contributed by atoms with Crippen molar-refractivity contribution in [2.24, 2.45) is 0 Å². The van der Waals surface area contributed by atoms with E-state index in [4.69, 9.17) is 11.6 Å². The van der Waals surface area contributed by atoms with Gasteiger partial charge in [0, 0.05) is 16.6 Å². The zero-order valence-electron chi connectivity index (χ0n) is 13.5. The van der Waals surface area contributed by atoms with Crippen LogP contribution in [0, 0.1) is 0 Å². The van der Waals surface area contributed by atoms with Crippen molar-refractivity contribution in [3.63, 3.8) is 0 Å². The molecule has 0 aliphatic heterocycles. The third-order valence-corrected chi connectivity index (χ3v) is 4.82. The van der Waals surface area contributed by atoms with Crippen LogP contribution in [0.15, 0.2) is 24.3 Å². The van der Waals surface area contributed by atoms with Crippen LogP contribution in [0.3, 0.4) is 0 Å². The van der Waals surface area contributed by atoms with Crippen molar-refractivity contribution in [3.05, 3.63) is 34.9 Å². The summed E-state index contributed by atoms with van der Waals surface area (Å²) in [7, 11) is 4.39. The van der Waals surface area contributed by atoms with Gasteiger partial charge in [-0.25, -0.2) is 0 Å². The first-order valence-electron chi connectivity index (χ1n) is 7.65. The first kappa shape index (κ1) is 17.5. The van der Waals surface area contributed by atoms with Crippen molar-refractivity contribution in [1.82, 2.24) is 10.2 Å². The van der Waals surface area contributed by atoms with Gasteiger partial charge < -0.3 is 10.2 Å². The largest absolute Gasteiger partial charge is 0.312 e. The van der Waals surface area contributed by atoms with E-state index in [0.717, 1.165) is 30.8 Å². The molecule has 0 aliphatic carbocycles. The Bertz CT molecular complexity index is 382. The molecule has 1 N–H and O–H groups in total. The van der Waals surface area contributed by atoms with Gasteiger partial charge in [0.05, 0.1) is 0 Å². The van der Waals surface area contributed by atoms with Gasteiger partial charge in [0.15, 0.2) is 0 Å². The Kier molecular flexibility index (Phi) is 7.01. The highest BCUT2D eigenvalue weighted by atomic mass is 35.5. The first-order chi connectivity index (χ1) is 9.50. The van der Waals surface area contributed by atoms with Crippen molar-refractivity contribution in [1.29, 1.82) is 0 Å². The lowest BCUT2D eigenvalue weighted by atomic mass is 9.80. The fraction of sp³-hybridized carbons (Fsp3) is 0.647. The normalized spacial score (nSPS) is 13.8. The van der Waals surface area contributed by atoms with Crippen LogP contribution in [0.25, 0.3) is 0 Å². The molecule has 0 radical (unpaired) electrons. The van der Waals surface area contributed by atoms with Crippen molar-refractivity contribution in [3.8, 4) is 0 Å². The third kappa shape index (κ3) is 3.97. The highest BCUT2D eigenvalue weighted by Gasteiger charge is 2.37. The lowest BCUT2D eigenvalue weighted by Crippen LogP contribution is -2.59. The number of hydrogen-bond acceptors (Lipinski definition) is 2. The summed E-state index contributed by atoms with van der Waals surface area (Å²) in [6, 6.07) is 8.68. The predicted octanol–water partition coefficient (Wildman–Crippen LogP) is 3.98. The molecule has 0 spiro atoms. The molecular formula is C17H29ClN2. The Morgan fingerprint density at radius 3 is 2.05 bits per heavy atom. The lowest BCUT2D eigenvalue weighted by molar-refractivity contribution is 0.0889. The molecule has 0 aliphatic rings. The van der Waals surface area contributed by atoms with Crippen molar-refractivity contribution in [2.45, 2.75) is 51.6 Å². The molecule has 0 heterocycles. The van der Waals surface area contributed by atoms with Crippen LogP contribution in [0.1, 0.15) is 39.2 Å². The quantitative estimate of drug-likeness (QED) is 0.780. The molecule has 0 bridgehead atoms. The molecule has 114 valence electrons. The van der Waals surface area contributed by atoms with Crippen molar-refractivity contribution in [2.75, 3.05) is 20.6 Å². The molecule has 3 heteroatoms. The number of nitrogens with zero attached hydrogens (tertiary/aromatic N) is 1. The van der Waals surface area contributed by atoms with Gasteiger partial charge in [0.2, 0.25) is 0 Å². The van der Waals surface area contributed by atoms with E-state index in [1.54, 1.807) is 0 Å². The number of benzene rings is 1. The van der Waals surface area contributed by atoms with Crippen LogP contribution in [0.5, 0.6) is 0 Å². The molecule has 2 nitrogen and oxygen atoms in total. The van der Waals surface area contributed by atoms with E-state index in [9.17, 15) is 0 Å². The third-order valence-electron chi connectivity index (χ3n) is 4.57. The average Bonchev–Trinajstić information content (AvgIpc) is 2.43. The zero-order chi connectivity index (χ0) is 15.2. The van der Waals surface area contributed by atoms with Crippen LogP contribution in [0.4, 0.5) is 0 Å². The summed E-state index contributed by atoms with van der Waals surface area (Å²) < 4.78 is 0. The van der Waals surface area contributed by atoms with Crippen LogP contribution < -0.4 is 5.32 Å². The fourth-order valence-electron chi connectivity index (χ4n) is 3.24. The summed E-state index contributed by atoms with van der Waals surface area (Å²) in [4.78, 5) is 2.39. The average molecular weight is 297 g/mol. The maximum absolute atomic E-state index is 5.98. The standard InChI is InChI=1S/C17H29ClN2/c1-6-17(7-2,20(4)5)16(19-8-3)13-14-9-11-15(18)12-10-14/h9-12,16,19H,6-8,13H2,1-5H3. The van der Waals surface area contributed by atoms with Crippen LogP contribution >= 0.6 is 11.6 Å². The highest BCUT2D eigenvalue weighted by Crippen LogP contribution is 2.28. The summed E-state index contributed by atoms with van der Waals surface area (Å²) in [5.41, 5.74) is 1.53. The van der Waals surface area contributed by atoms with E-state index in [2.05, 4.69) is 57.2 Å². The molecule has 1 rings (SSSR count). The number of halogens is 1. The molecule has 1 atom stereocenters. The van der Waals surface area contributed by atoms with Gasteiger partial charge in [0.1, 0.15) is 0 Å². The van der Waals surface area contributed by atoms with E-state index in [-0.39, 0.29) is 5.54 Å². The Hall–Kier alpha value is -0.570. The zero-order valence-corrected chi connectivity index (χ0v) is 14.3. The fourth-order valence-corrected chi connectivity index (χ4v) is 3.37. The second-order valence-electron chi connectivity index (χ2n) is 5.65. The second-order valence-corrected chi connectivity index (χ2v) is 6.08. The van der Waals surface area contributed by atoms with Gasteiger partial charge in [-0.2, -0.15) is 0 Å². The smallest absolute Gasteiger partial charge is 0.0406 e. The summed E-state index contributed by atoms with van der Waals surface area (Å²) in [5, 5.41) is 4.50. The summed E-state index contributed by atoms with van der Waals surface area (Å²) in [5.74, 6) is 0. The summed E-state index contributed by atoms with van der Waals surface area (Å²) >= 11 is 5.98. The minimum Gasteiger partial charge on any atom is -0.312 e. The minimum atomic E-state index is 0.190. The van der Waals surface area contributed by atoms with E-state index in [1.807, 2.05) is 12.1 Å². The molecular weight excluding hydrogens is 268 g/mol. The number of rotatable bonds is 8. The molecule has 0 saturated heterocycles. The topological polar surface area (TPSA) is 15.3 Å².